The summed E-state index contributed by atoms with van der Waals surface area (Å²) in [5.74, 6) is 0.0525. The maximum absolute atomic E-state index is 12.1. The molecule has 3 nitrogen and oxygen atoms in total. The molecule has 1 aromatic heterocycles. The Morgan fingerprint density at radius 1 is 1.30 bits per heavy atom. The molecule has 0 saturated heterocycles. The molecule has 20 heavy (non-hydrogen) atoms. The highest BCUT2D eigenvalue weighted by molar-refractivity contribution is 6.34. The van der Waals surface area contributed by atoms with E-state index in [2.05, 4.69) is 18.8 Å². The molecule has 0 bridgehead atoms. The predicted molar refractivity (Wildman–Crippen MR) is 81.1 cm³/mol. The third-order valence-corrected chi connectivity index (χ3v) is 3.30. The van der Waals surface area contributed by atoms with Gasteiger partial charge < -0.3 is 4.74 Å². The fraction of sp³-hybridized carbons (Fsp3) is 0.375. The molecule has 0 aliphatic carbocycles. The zero-order valence-electron chi connectivity index (χ0n) is 11.9. The smallest absolute Gasteiger partial charge is 0.357 e. The highest BCUT2D eigenvalue weighted by Crippen LogP contribution is 2.23. The number of esters is 1. The van der Waals surface area contributed by atoms with Crippen molar-refractivity contribution < 1.29 is 9.53 Å². The van der Waals surface area contributed by atoms with Crippen molar-refractivity contribution in [2.75, 3.05) is 0 Å². The van der Waals surface area contributed by atoms with Gasteiger partial charge >= 0.3 is 5.97 Å². The fourth-order valence-corrected chi connectivity index (χ4v) is 2.48. The summed E-state index contributed by atoms with van der Waals surface area (Å²) >= 11 is 6.11. The van der Waals surface area contributed by atoms with E-state index in [1.807, 2.05) is 31.2 Å². The lowest BCUT2D eigenvalue weighted by molar-refractivity contribution is 0.0293. The average molecular weight is 292 g/mol. The molecule has 0 spiro atoms. The molecule has 0 fully saturated rings. The number of halogens is 1. The lowest BCUT2D eigenvalue weighted by Gasteiger charge is -2.15. The van der Waals surface area contributed by atoms with Gasteiger partial charge in [0.05, 0.1) is 6.10 Å². The Bertz CT molecular complexity index is 625. The summed E-state index contributed by atoms with van der Waals surface area (Å²) in [5, 5.41) is 2.04. The van der Waals surface area contributed by atoms with Crippen molar-refractivity contribution in [2.24, 2.45) is 5.92 Å². The van der Waals surface area contributed by atoms with Crippen LogP contribution in [0.2, 0.25) is 5.15 Å². The zero-order chi connectivity index (χ0) is 14.7. The first-order valence-electron chi connectivity index (χ1n) is 6.73. The molecule has 1 unspecified atom stereocenters. The van der Waals surface area contributed by atoms with E-state index in [1.165, 1.54) is 0 Å². The van der Waals surface area contributed by atoms with Crippen molar-refractivity contribution in [3.05, 3.63) is 41.2 Å². The maximum Gasteiger partial charge on any atom is 0.357 e. The Balaban J connectivity index is 2.22. The number of aromatic nitrogens is 1. The number of carbonyl (C=O) groups is 1. The molecule has 0 N–H and O–H groups in total. The van der Waals surface area contributed by atoms with Crippen LogP contribution in [0.25, 0.3) is 10.8 Å². The van der Waals surface area contributed by atoms with Crippen LogP contribution in [0.3, 0.4) is 0 Å². The molecule has 1 heterocycles. The lowest BCUT2D eigenvalue weighted by Crippen LogP contribution is -2.18. The fourth-order valence-electron chi connectivity index (χ4n) is 2.22. The monoisotopic (exact) mass is 291 g/mol. The van der Waals surface area contributed by atoms with Crippen LogP contribution in [0.1, 0.15) is 37.7 Å². The van der Waals surface area contributed by atoms with E-state index in [0.717, 1.165) is 17.2 Å². The topological polar surface area (TPSA) is 39.2 Å². The molecular formula is C16H18ClNO2. The number of pyridine rings is 1. The van der Waals surface area contributed by atoms with Gasteiger partial charge in [-0.05, 0) is 30.7 Å². The number of fused-ring (bicyclic) bond motifs is 1. The number of ether oxygens (including phenoxy) is 1. The molecule has 0 amide bonds. The van der Waals surface area contributed by atoms with Gasteiger partial charge in [-0.2, -0.15) is 0 Å². The van der Waals surface area contributed by atoms with Gasteiger partial charge in [-0.25, -0.2) is 9.78 Å². The van der Waals surface area contributed by atoms with Gasteiger partial charge in [0.2, 0.25) is 0 Å². The number of carbonyl (C=O) groups excluding carboxylic acids is 1. The van der Waals surface area contributed by atoms with Gasteiger partial charge in [0, 0.05) is 5.39 Å². The van der Waals surface area contributed by atoms with Crippen molar-refractivity contribution in [3.8, 4) is 0 Å². The van der Waals surface area contributed by atoms with Crippen LogP contribution in [0.15, 0.2) is 30.3 Å². The van der Waals surface area contributed by atoms with Gasteiger partial charge in [0.25, 0.3) is 0 Å². The quantitative estimate of drug-likeness (QED) is 0.616. The highest BCUT2D eigenvalue weighted by atomic mass is 35.5. The molecule has 0 saturated carbocycles. The Hall–Kier alpha value is -1.61. The summed E-state index contributed by atoms with van der Waals surface area (Å²) in [6.07, 6.45) is 0.696. The minimum absolute atomic E-state index is 0.130. The van der Waals surface area contributed by atoms with E-state index >= 15 is 0 Å². The Kier molecular flexibility index (Phi) is 4.61. The van der Waals surface area contributed by atoms with E-state index in [4.69, 9.17) is 16.3 Å². The number of rotatable bonds is 4. The summed E-state index contributed by atoms with van der Waals surface area (Å²) in [7, 11) is 0. The summed E-state index contributed by atoms with van der Waals surface area (Å²) in [6, 6.07) is 9.28. The van der Waals surface area contributed by atoms with Crippen molar-refractivity contribution in [1.29, 1.82) is 0 Å². The molecule has 0 aliphatic rings. The Morgan fingerprint density at radius 3 is 2.70 bits per heavy atom. The molecule has 2 aromatic rings. The third-order valence-electron chi connectivity index (χ3n) is 3.01. The summed E-state index contributed by atoms with van der Waals surface area (Å²) in [6.45, 7) is 6.07. The molecule has 106 valence electrons. The second kappa shape index (κ2) is 6.23. The standard InChI is InChI=1S/C16H18ClNO2/c1-10(2)8-11(3)20-16(19)14-9-12-6-4-5-7-13(12)15(17)18-14/h4-7,9-11H,8H2,1-3H3. The van der Waals surface area contributed by atoms with E-state index in [9.17, 15) is 4.79 Å². The molecule has 1 atom stereocenters. The van der Waals surface area contributed by atoms with Crippen molar-refractivity contribution >= 4 is 28.3 Å². The van der Waals surface area contributed by atoms with E-state index in [1.54, 1.807) is 6.07 Å². The largest absolute Gasteiger partial charge is 0.458 e. The van der Waals surface area contributed by atoms with Crippen molar-refractivity contribution in [1.82, 2.24) is 4.98 Å². The first-order chi connectivity index (χ1) is 9.47. The van der Waals surface area contributed by atoms with Crippen LogP contribution in [0.4, 0.5) is 0 Å². The molecule has 2 rings (SSSR count). The molecule has 0 aliphatic heterocycles. The SMILES string of the molecule is CC(C)CC(C)OC(=O)c1cc2ccccc2c(Cl)n1. The van der Waals surface area contributed by atoms with Crippen molar-refractivity contribution in [3.63, 3.8) is 0 Å². The summed E-state index contributed by atoms with van der Waals surface area (Å²) in [4.78, 5) is 16.2. The van der Waals surface area contributed by atoms with Crippen LogP contribution in [0, 0.1) is 5.92 Å². The van der Waals surface area contributed by atoms with Crippen molar-refractivity contribution in [2.45, 2.75) is 33.3 Å². The number of nitrogens with zero attached hydrogens (tertiary/aromatic N) is 1. The number of hydrogen-bond donors (Lipinski definition) is 0. The average Bonchev–Trinajstić information content (AvgIpc) is 2.37. The van der Waals surface area contributed by atoms with Gasteiger partial charge in [-0.15, -0.1) is 0 Å². The maximum atomic E-state index is 12.1. The van der Waals surface area contributed by atoms with E-state index in [0.29, 0.717) is 11.1 Å². The second-order valence-electron chi connectivity index (χ2n) is 5.36. The second-order valence-corrected chi connectivity index (χ2v) is 5.72. The van der Waals surface area contributed by atoms with Crippen LogP contribution >= 0.6 is 11.6 Å². The molecule has 0 radical (unpaired) electrons. The predicted octanol–water partition coefficient (Wildman–Crippen LogP) is 4.48. The van der Waals surface area contributed by atoms with E-state index < -0.39 is 5.97 Å². The number of hydrogen-bond acceptors (Lipinski definition) is 3. The number of benzene rings is 1. The molecule has 1 aromatic carbocycles. The minimum atomic E-state index is -0.425. The van der Waals surface area contributed by atoms with Gasteiger partial charge in [0.1, 0.15) is 5.15 Å². The first kappa shape index (κ1) is 14.8. The molecule has 4 heteroatoms. The zero-order valence-corrected chi connectivity index (χ0v) is 12.6. The molecular weight excluding hydrogens is 274 g/mol. The minimum Gasteiger partial charge on any atom is -0.458 e. The first-order valence-corrected chi connectivity index (χ1v) is 7.11. The van der Waals surface area contributed by atoms with Gasteiger partial charge in [0.15, 0.2) is 5.69 Å². The van der Waals surface area contributed by atoms with Gasteiger partial charge in [-0.3, -0.25) is 0 Å². The highest BCUT2D eigenvalue weighted by Gasteiger charge is 2.16. The van der Waals surface area contributed by atoms with Gasteiger partial charge in [-0.1, -0.05) is 49.7 Å². The Morgan fingerprint density at radius 2 is 2.00 bits per heavy atom. The van der Waals surface area contributed by atoms with E-state index in [-0.39, 0.29) is 11.8 Å². The third kappa shape index (κ3) is 3.48. The van der Waals surface area contributed by atoms with Crippen LogP contribution in [0.5, 0.6) is 0 Å². The normalized spacial score (nSPS) is 12.7. The Labute approximate surface area is 123 Å². The summed E-state index contributed by atoms with van der Waals surface area (Å²) < 4.78 is 5.39. The van der Waals surface area contributed by atoms with Crippen LogP contribution in [-0.4, -0.2) is 17.1 Å². The summed E-state index contributed by atoms with van der Waals surface area (Å²) in [5.41, 5.74) is 0.254. The van der Waals surface area contributed by atoms with Crippen LogP contribution in [-0.2, 0) is 4.74 Å². The lowest BCUT2D eigenvalue weighted by atomic mass is 10.1. The van der Waals surface area contributed by atoms with Crippen LogP contribution < -0.4 is 0 Å².